The molecule has 1 aliphatic heterocycles. The minimum Gasteiger partial charge on any atom is -0.484 e. The van der Waals surface area contributed by atoms with Gasteiger partial charge in [-0.15, -0.1) is 0 Å². The van der Waals surface area contributed by atoms with E-state index in [1.807, 2.05) is 30.3 Å². The van der Waals surface area contributed by atoms with Gasteiger partial charge in [0.1, 0.15) is 12.4 Å². The van der Waals surface area contributed by atoms with Crippen molar-refractivity contribution < 1.29 is 23.8 Å². The zero-order valence-corrected chi connectivity index (χ0v) is 14.7. The van der Waals surface area contributed by atoms with Gasteiger partial charge in [0.15, 0.2) is 6.61 Å². The molecule has 25 heavy (non-hydrogen) atoms. The summed E-state index contributed by atoms with van der Waals surface area (Å²) in [5.41, 5.74) is 0. The summed E-state index contributed by atoms with van der Waals surface area (Å²) in [6, 6.07) is 9.27. The first-order valence-electron chi connectivity index (χ1n) is 8.51. The van der Waals surface area contributed by atoms with Crippen LogP contribution in [0.5, 0.6) is 5.75 Å². The molecule has 2 rings (SSSR count). The molecule has 1 fully saturated rings. The molecule has 1 aromatic rings. The van der Waals surface area contributed by atoms with E-state index >= 15 is 0 Å². The van der Waals surface area contributed by atoms with Gasteiger partial charge >= 0.3 is 0 Å². The van der Waals surface area contributed by atoms with Crippen molar-refractivity contribution in [2.45, 2.75) is 6.42 Å². The first-order valence-corrected chi connectivity index (χ1v) is 8.51. The van der Waals surface area contributed by atoms with Crippen molar-refractivity contribution in [3.63, 3.8) is 0 Å². The highest BCUT2D eigenvalue weighted by Gasteiger charge is 2.22. The Hall–Kier alpha value is -2.12. The summed E-state index contributed by atoms with van der Waals surface area (Å²) in [7, 11) is 1.59. The normalized spacial score (nSPS) is 14.9. The largest absolute Gasteiger partial charge is 0.484 e. The summed E-state index contributed by atoms with van der Waals surface area (Å²) in [4.78, 5) is 27.9. The predicted octanol–water partition coefficient (Wildman–Crippen LogP) is 0.789. The Bertz CT molecular complexity index is 538. The summed E-state index contributed by atoms with van der Waals surface area (Å²) in [6.45, 7) is 3.23. The minimum atomic E-state index is -0.0607. The number of amides is 2. The fourth-order valence-corrected chi connectivity index (χ4v) is 2.56. The van der Waals surface area contributed by atoms with Crippen LogP contribution in [0.3, 0.4) is 0 Å². The van der Waals surface area contributed by atoms with Crippen LogP contribution in [0.15, 0.2) is 30.3 Å². The maximum Gasteiger partial charge on any atom is 0.260 e. The van der Waals surface area contributed by atoms with Gasteiger partial charge in [0.05, 0.1) is 13.2 Å². The van der Waals surface area contributed by atoms with Crippen LogP contribution < -0.4 is 4.74 Å². The molecule has 0 unspecified atom stereocenters. The molecule has 7 nitrogen and oxygen atoms in total. The number of hydrogen-bond acceptors (Lipinski definition) is 5. The second-order valence-corrected chi connectivity index (χ2v) is 5.76. The Labute approximate surface area is 148 Å². The summed E-state index contributed by atoms with van der Waals surface area (Å²) in [5, 5.41) is 0. The van der Waals surface area contributed by atoms with Gasteiger partial charge in [-0.2, -0.15) is 0 Å². The molecule has 0 saturated carbocycles. The second-order valence-electron chi connectivity index (χ2n) is 5.76. The molecule has 0 N–H and O–H groups in total. The average molecular weight is 350 g/mol. The Balaban J connectivity index is 1.72. The van der Waals surface area contributed by atoms with Crippen LogP contribution in [0.4, 0.5) is 0 Å². The van der Waals surface area contributed by atoms with Crippen molar-refractivity contribution >= 4 is 11.8 Å². The molecule has 1 aliphatic rings. The number of ether oxygens (including phenoxy) is 3. The molecule has 0 radical (unpaired) electrons. The standard InChI is InChI=1S/C18H26N2O5/c1-23-12-13-24-14-17(21)19-8-5-9-20(11-10-19)18(22)15-25-16-6-3-2-4-7-16/h2-4,6-7H,5,8-15H2,1H3. The van der Waals surface area contributed by atoms with Gasteiger partial charge in [0.25, 0.3) is 5.91 Å². The summed E-state index contributed by atoms with van der Waals surface area (Å²) in [5.74, 6) is 0.566. The fourth-order valence-electron chi connectivity index (χ4n) is 2.56. The molecular formula is C18H26N2O5. The highest BCUT2D eigenvalue weighted by atomic mass is 16.5. The average Bonchev–Trinajstić information content (AvgIpc) is 2.90. The van der Waals surface area contributed by atoms with Crippen LogP contribution in [0, 0.1) is 0 Å². The Kier molecular flexibility index (Phi) is 8.21. The number of carbonyl (C=O) groups excluding carboxylic acids is 2. The molecule has 1 saturated heterocycles. The maximum atomic E-state index is 12.3. The van der Waals surface area contributed by atoms with Gasteiger partial charge in [0.2, 0.25) is 5.91 Å². The molecule has 0 aliphatic carbocycles. The zero-order valence-electron chi connectivity index (χ0n) is 14.7. The number of rotatable bonds is 8. The van der Waals surface area contributed by atoms with Gasteiger partial charge in [-0.1, -0.05) is 18.2 Å². The van der Waals surface area contributed by atoms with Crippen LogP contribution in [0.2, 0.25) is 0 Å². The van der Waals surface area contributed by atoms with Crippen molar-refractivity contribution in [1.29, 1.82) is 0 Å². The number of para-hydroxylation sites is 1. The third-order valence-corrected chi connectivity index (χ3v) is 3.96. The predicted molar refractivity (Wildman–Crippen MR) is 92.4 cm³/mol. The van der Waals surface area contributed by atoms with Crippen molar-refractivity contribution in [2.24, 2.45) is 0 Å². The molecule has 1 aromatic carbocycles. The highest BCUT2D eigenvalue weighted by molar-refractivity contribution is 5.79. The molecule has 1 heterocycles. The van der Waals surface area contributed by atoms with E-state index in [4.69, 9.17) is 14.2 Å². The van der Waals surface area contributed by atoms with Crippen molar-refractivity contribution in [3.05, 3.63) is 30.3 Å². The lowest BCUT2D eigenvalue weighted by atomic mass is 10.3. The molecule has 0 atom stereocenters. The Morgan fingerprint density at radius 3 is 2.20 bits per heavy atom. The lowest BCUT2D eigenvalue weighted by Crippen LogP contribution is -2.40. The van der Waals surface area contributed by atoms with Crippen LogP contribution in [0.1, 0.15) is 6.42 Å². The number of benzene rings is 1. The van der Waals surface area contributed by atoms with Gasteiger partial charge in [0, 0.05) is 33.3 Å². The van der Waals surface area contributed by atoms with E-state index in [9.17, 15) is 9.59 Å². The molecule has 0 bridgehead atoms. The van der Waals surface area contributed by atoms with Gasteiger partial charge in [-0.05, 0) is 18.6 Å². The van der Waals surface area contributed by atoms with E-state index in [0.717, 1.165) is 6.42 Å². The number of carbonyl (C=O) groups is 2. The Morgan fingerprint density at radius 1 is 0.920 bits per heavy atom. The number of nitrogens with zero attached hydrogens (tertiary/aromatic N) is 2. The van der Waals surface area contributed by atoms with E-state index in [2.05, 4.69) is 0 Å². The van der Waals surface area contributed by atoms with Crippen LogP contribution in [-0.4, -0.2) is 81.3 Å². The Morgan fingerprint density at radius 2 is 1.56 bits per heavy atom. The van der Waals surface area contributed by atoms with Crippen LogP contribution in [0.25, 0.3) is 0 Å². The molecule has 138 valence electrons. The number of methoxy groups -OCH3 is 1. The van der Waals surface area contributed by atoms with E-state index in [1.54, 1.807) is 16.9 Å². The van der Waals surface area contributed by atoms with Crippen molar-refractivity contribution in [3.8, 4) is 5.75 Å². The summed E-state index contributed by atoms with van der Waals surface area (Å²) in [6.07, 6.45) is 0.751. The van der Waals surface area contributed by atoms with Crippen molar-refractivity contribution in [1.82, 2.24) is 9.80 Å². The minimum absolute atomic E-state index is 0.0120. The van der Waals surface area contributed by atoms with Gasteiger partial charge < -0.3 is 24.0 Å². The molecule has 0 spiro atoms. The first kappa shape index (κ1) is 19.2. The van der Waals surface area contributed by atoms with E-state index in [-0.39, 0.29) is 25.0 Å². The fraction of sp³-hybridized carbons (Fsp3) is 0.556. The van der Waals surface area contributed by atoms with E-state index in [1.165, 1.54) is 0 Å². The monoisotopic (exact) mass is 350 g/mol. The molecule has 0 aromatic heterocycles. The lowest BCUT2D eigenvalue weighted by molar-refractivity contribution is -0.137. The molecule has 7 heteroatoms. The quantitative estimate of drug-likeness (QED) is 0.649. The lowest BCUT2D eigenvalue weighted by Gasteiger charge is -2.22. The third kappa shape index (κ3) is 6.72. The van der Waals surface area contributed by atoms with Crippen molar-refractivity contribution in [2.75, 3.05) is 59.7 Å². The molecule has 2 amide bonds. The maximum absolute atomic E-state index is 12.3. The third-order valence-electron chi connectivity index (χ3n) is 3.96. The first-order chi connectivity index (χ1) is 12.2. The topological polar surface area (TPSA) is 68.3 Å². The molecular weight excluding hydrogens is 324 g/mol. The van der Waals surface area contributed by atoms with E-state index in [0.29, 0.717) is 45.1 Å². The van der Waals surface area contributed by atoms with Gasteiger partial charge in [-0.3, -0.25) is 9.59 Å². The van der Waals surface area contributed by atoms with Crippen LogP contribution >= 0.6 is 0 Å². The van der Waals surface area contributed by atoms with E-state index < -0.39 is 0 Å². The summed E-state index contributed by atoms with van der Waals surface area (Å²) < 4.78 is 15.7. The van der Waals surface area contributed by atoms with Crippen LogP contribution in [-0.2, 0) is 19.1 Å². The SMILES string of the molecule is COCCOCC(=O)N1CCCN(C(=O)COc2ccccc2)CC1. The zero-order chi connectivity index (χ0) is 17.9. The highest BCUT2D eigenvalue weighted by Crippen LogP contribution is 2.09. The van der Waals surface area contributed by atoms with Gasteiger partial charge in [-0.25, -0.2) is 0 Å². The number of hydrogen-bond donors (Lipinski definition) is 0. The second kappa shape index (κ2) is 10.7. The summed E-state index contributed by atoms with van der Waals surface area (Å²) >= 11 is 0. The smallest absolute Gasteiger partial charge is 0.260 e.